The number of hydrogen-bond donors (Lipinski definition) is 1. The highest BCUT2D eigenvalue weighted by Gasteiger charge is 2.19. The molecule has 0 aromatic carbocycles. The third-order valence-corrected chi connectivity index (χ3v) is 3.23. The molecule has 1 aromatic heterocycles. The lowest BCUT2D eigenvalue weighted by molar-refractivity contribution is -0.122. The van der Waals surface area contributed by atoms with Crippen LogP contribution in [-0.2, 0) is 24.2 Å². The predicted molar refractivity (Wildman–Crippen MR) is 68.8 cm³/mol. The average molecular weight is 237 g/mol. The number of Topliss-reactive ketones (excluding diaryl/α,β-unsaturated/α-hetero) is 1. The molecule has 4 nitrogen and oxygen atoms in total. The lowest BCUT2D eigenvalue weighted by atomic mass is 9.96. The average Bonchev–Trinajstić information content (AvgIpc) is 2.70. The van der Waals surface area contributed by atoms with Gasteiger partial charge in [-0.25, -0.2) is 0 Å². The van der Waals surface area contributed by atoms with Crippen molar-refractivity contribution in [3.05, 3.63) is 17.5 Å². The molecule has 0 saturated carbocycles. The Hall–Kier alpha value is -1.16. The Morgan fingerprint density at radius 1 is 1.47 bits per heavy atom. The number of carbonyl (C=O) groups is 1. The number of hydrogen-bond acceptors (Lipinski definition) is 3. The third kappa shape index (κ3) is 3.40. The molecular weight excluding hydrogens is 214 g/mol. The van der Waals surface area contributed by atoms with Crippen molar-refractivity contribution < 1.29 is 4.79 Å². The number of ketones is 1. The van der Waals surface area contributed by atoms with Crippen molar-refractivity contribution in [1.29, 1.82) is 0 Å². The molecule has 0 fully saturated rings. The van der Waals surface area contributed by atoms with Gasteiger partial charge in [-0.05, 0) is 26.3 Å². The van der Waals surface area contributed by atoms with E-state index in [2.05, 4.69) is 12.0 Å². The fourth-order valence-corrected chi connectivity index (χ4v) is 1.74. The second-order valence-corrected chi connectivity index (χ2v) is 4.59. The number of aryl methyl sites for hydroxylation is 2. The number of nitrogens with zero attached hydrogens (tertiary/aromatic N) is 2. The molecule has 2 atom stereocenters. The van der Waals surface area contributed by atoms with Crippen LogP contribution in [0.25, 0.3) is 0 Å². The minimum atomic E-state index is -0.0970. The number of rotatable bonds is 6. The maximum Gasteiger partial charge on any atom is 0.143 e. The number of carbonyl (C=O) groups excluding carboxylic acids is 1. The molecule has 0 spiro atoms. The first-order valence-electron chi connectivity index (χ1n) is 6.33. The second kappa shape index (κ2) is 5.96. The summed E-state index contributed by atoms with van der Waals surface area (Å²) < 4.78 is 1.91. The van der Waals surface area contributed by atoms with Crippen LogP contribution in [0.5, 0.6) is 0 Å². The van der Waals surface area contributed by atoms with Gasteiger partial charge in [0.15, 0.2) is 0 Å². The Morgan fingerprint density at radius 2 is 2.12 bits per heavy atom. The van der Waals surface area contributed by atoms with E-state index >= 15 is 0 Å². The van der Waals surface area contributed by atoms with Crippen molar-refractivity contribution in [2.24, 2.45) is 11.7 Å². The van der Waals surface area contributed by atoms with Crippen molar-refractivity contribution >= 4 is 5.78 Å². The van der Waals surface area contributed by atoms with E-state index in [0.29, 0.717) is 6.42 Å². The molecule has 17 heavy (non-hydrogen) atoms. The first-order valence-corrected chi connectivity index (χ1v) is 6.33. The van der Waals surface area contributed by atoms with Crippen LogP contribution < -0.4 is 5.73 Å². The summed E-state index contributed by atoms with van der Waals surface area (Å²) in [6, 6.07) is 1.93. The maximum absolute atomic E-state index is 12.0. The van der Waals surface area contributed by atoms with Gasteiger partial charge in [0.1, 0.15) is 5.78 Å². The molecule has 2 unspecified atom stereocenters. The van der Waals surface area contributed by atoms with Crippen molar-refractivity contribution in [2.75, 3.05) is 0 Å². The van der Waals surface area contributed by atoms with Gasteiger partial charge in [-0.2, -0.15) is 5.10 Å². The van der Waals surface area contributed by atoms with Gasteiger partial charge < -0.3 is 5.73 Å². The van der Waals surface area contributed by atoms with Gasteiger partial charge in [-0.3, -0.25) is 9.48 Å². The molecule has 1 heterocycles. The molecule has 4 heteroatoms. The highest BCUT2D eigenvalue weighted by atomic mass is 16.1. The van der Waals surface area contributed by atoms with Gasteiger partial charge in [0.2, 0.25) is 0 Å². The Bertz CT molecular complexity index is 382. The smallest absolute Gasteiger partial charge is 0.143 e. The van der Waals surface area contributed by atoms with Crippen LogP contribution in [0.15, 0.2) is 6.07 Å². The second-order valence-electron chi connectivity index (χ2n) is 4.59. The van der Waals surface area contributed by atoms with Gasteiger partial charge in [0, 0.05) is 30.6 Å². The first kappa shape index (κ1) is 13.9. The summed E-state index contributed by atoms with van der Waals surface area (Å²) in [5.74, 6) is 0.0949. The molecule has 96 valence electrons. The Morgan fingerprint density at radius 3 is 2.59 bits per heavy atom. The lowest BCUT2D eigenvalue weighted by Crippen LogP contribution is -2.31. The van der Waals surface area contributed by atoms with E-state index in [1.807, 2.05) is 31.5 Å². The van der Waals surface area contributed by atoms with E-state index in [4.69, 9.17) is 5.73 Å². The summed E-state index contributed by atoms with van der Waals surface area (Å²) in [5.41, 5.74) is 7.80. The van der Waals surface area contributed by atoms with Crippen molar-refractivity contribution in [1.82, 2.24) is 9.78 Å². The van der Waals surface area contributed by atoms with Gasteiger partial charge in [0.05, 0.1) is 5.69 Å². The molecule has 0 saturated heterocycles. The normalized spacial score (nSPS) is 14.6. The third-order valence-electron chi connectivity index (χ3n) is 3.23. The molecule has 0 bridgehead atoms. The summed E-state index contributed by atoms with van der Waals surface area (Å²) in [7, 11) is 0. The van der Waals surface area contributed by atoms with Gasteiger partial charge >= 0.3 is 0 Å². The standard InChI is InChI=1S/C13H23N3O/c1-5-11-7-12(16(6-2)15-11)8-13(17)9(3)10(4)14/h7,9-10H,5-6,8,14H2,1-4H3. The summed E-state index contributed by atoms with van der Waals surface area (Å²) in [6.07, 6.45) is 1.33. The molecule has 0 aliphatic heterocycles. The lowest BCUT2D eigenvalue weighted by Gasteiger charge is -2.14. The largest absolute Gasteiger partial charge is 0.327 e. The van der Waals surface area contributed by atoms with Crippen molar-refractivity contribution in [3.63, 3.8) is 0 Å². The van der Waals surface area contributed by atoms with E-state index < -0.39 is 0 Å². The first-order chi connectivity index (χ1) is 7.99. The van der Waals surface area contributed by atoms with Crippen LogP contribution in [0, 0.1) is 5.92 Å². The summed E-state index contributed by atoms with van der Waals surface area (Å²) in [4.78, 5) is 12.0. The number of nitrogens with two attached hydrogens (primary N) is 1. The molecule has 0 aliphatic rings. The summed E-state index contributed by atoms with van der Waals surface area (Å²) in [5, 5.41) is 4.44. The molecule has 1 aromatic rings. The van der Waals surface area contributed by atoms with Crippen LogP contribution in [0.4, 0.5) is 0 Å². The molecule has 2 N–H and O–H groups in total. The van der Waals surface area contributed by atoms with Crippen molar-refractivity contribution in [3.8, 4) is 0 Å². The van der Waals surface area contributed by atoms with Crippen LogP contribution in [0.2, 0.25) is 0 Å². The van der Waals surface area contributed by atoms with Crippen molar-refractivity contribution in [2.45, 2.75) is 53.1 Å². The topological polar surface area (TPSA) is 60.9 Å². The molecule has 0 radical (unpaired) electrons. The van der Waals surface area contributed by atoms with E-state index in [9.17, 15) is 4.79 Å². The number of aromatic nitrogens is 2. The monoisotopic (exact) mass is 237 g/mol. The SMILES string of the molecule is CCc1cc(CC(=O)C(C)C(C)N)n(CC)n1. The van der Waals surface area contributed by atoms with Gasteiger partial charge in [-0.1, -0.05) is 13.8 Å². The van der Waals surface area contributed by atoms with Gasteiger partial charge in [-0.15, -0.1) is 0 Å². The summed E-state index contributed by atoms with van der Waals surface area (Å²) in [6.45, 7) is 8.67. The Kier molecular flexibility index (Phi) is 4.87. The minimum absolute atomic E-state index is 0.0915. The van der Waals surface area contributed by atoms with Crippen LogP contribution >= 0.6 is 0 Å². The van der Waals surface area contributed by atoms with Gasteiger partial charge in [0.25, 0.3) is 0 Å². The fourth-order valence-electron chi connectivity index (χ4n) is 1.74. The summed E-state index contributed by atoms with van der Waals surface area (Å²) >= 11 is 0. The zero-order valence-electron chi connectivity index (χ0n) is 11.2. The highest BCUT2D eigenvalue weighted by Crippen LogP contribution is 2.11. The van der Waals surface area contributed by atoms with Crippen LogP contribution in [-0.4, -0.2) is 21.6 Å². The Labute approximate surface area is 103 Å². The molecule has 0 amide bonds. The van der Waals surface area contributed by atoms with Crippen LogP contribution in [0.3, 0.4) is 0 Å². The maximum atomic E-state index is 12.0. The van der Waals surface area contributed by atoms with E-state index in [1.165, 1.54) is 0 Å². The fraction of sp³-hybridized carbons (Fsp3) is 0.692. The Balaban J connectivity index is 2.80. The van der Waals surface area contributed by atoms with E-state index in [-0.39, 0.29) is 17.7 Å². The minimum Gasteiger partial charge on any atom is -0.327 e. The van der Waals surface area contributed by atoms with Crippen LogP contribution in [0.1, 0.15) is 39.1 Å². The van der Waals surface area contributed by atoms with E-state index in [1.54, 1.807) is 0 Å². The molecule has 0 aliphatic carbocycles. The molecular formula is C13H23N3O. The quantitative estimate of drug-likeness (QED) is 0.816. The zero-order valence-corrected chi connectivity index (χ0v) is 11.2. The molecule has 1 rings (SSSR count). The van der Waals surface area contributed by atoms with E-state index in [0.717, 1.165) is 24.4 Å². The highest BCUT2D eigenvalue weighted by molar-refractivity contribution is 5.83. The zero-order chi connectivity index (χ0) is 13.0. The predicted octanol–water partition coefficient (Wildman–Crippen LogP) is 1.56.